The van der Waals surface area contributed by atoms with Crippen LogP contribution in [-0.2, 0) is 13.5 Å². The summed E-state index contributed by atoms with van der Waals surface area (Å²) >= 11 is 6.23. The SMILES string of the molecule is Cn1c(CCCCN2CCN(c3ccc4ccccc4n3)CC2)[nH+]c2cccc(Cl)c2c1=O. The first-order chi connectivity index (χ1) is 16.1. The first-order valence-corrected chi connectivity index (χ1v) is 12.0. The number of anilines is 1. The number of H-pyrrole nitrogens is 1. The van der Waals surface area contributed by atoms with Crippen molar-refractivity contribution in [2.45, 2.75) is 19.3 Å². The van der Waals surface area contributed by atoms with Crippen molar-refractivity contribution in [1.29, 1.82) is 0 Å². The van der Waals surface area contributed by atoms with Crippen LogP contribution in [0.25, 0.3) is 21.8 Å². The lowest BCUT2D eigenvalue weighted by Crippen LogP contribution is -2.46. The molecule has 1 aliphatic heterocycles. The van der Waals surface area contributed by atoms with E-state index in [0.717, 1.165) is 74.7 Å². The van der Waals surface area contributed by atoms with Gasteiger partial charge in [0, 0.05) is 38.0 Å². The third-order valence-electron chi connectivity index (χ3n) is 6.63. The lowest BCUT2D eigenvalue weighted by molar-refractivity contribution is -0.366. The quantitative estimate of drug-likeness (QED) is 0.410. The van der Waals surface area contributed by atoms with Crippen LogP contribution in [0, 0.1) is 0 Å². The molecule has 0 bridgehead atoms. The number of nitrogens with one attached hydrogen (secondary N) is 1. The monoisotopic (exact) mass is 462 g/mol. The Morgan fingerprint density at radius 1 is 0.970 bits per heavy atom. The summed E-state index contributed by atoms with van der Waals surface area (Å²) in [6.45, 7) is 5.17. The Balaban J connectivity index is 1.13. The third kappa shape index (κ3) is 4.59. The molecule has 1 fully saturated rings. The molecule has 0 radical (unpaired) electrons. The lowest BCUT2D eigenvalue weighted by atomic mass is 10.2. The molecule has 0 atom stereocenters. The molecule has 0 spiro atoms. The highest BCUT2D eigenvalue weighted by Gasteiger charge is 2.19. The number of aryl methyl sites for hydroxylation is 1. The van der Waals surface area contributed by atoms with Crippen LogP contribution < -0.4 is 15.4 Å². The predicted octanol–water partition coefficient (Wildman–Crippen LogP) is 3.70. The van der Waals surface area contributed by atoms with Gasteiger partial charge in [-0.25, -0.2) is 14.8 Å². The van der Waals surface area contributed by atoms with Crippen LogP contribution in [0.4, 0.5) is 5.82 Å². The van der Waals surface area contributed by atoms with Gasteiger partial charge in [-0.3, -0.25) is 4.90 Å². The van der Waals surface area contributed by atoms with Gasteiger partial charge in [-0.15, -0.1) is 0 Å². The first kappa shape index (κ1) is 21.9. The predicted molar refractivity (Wildman–Crippen MR) is 134 cm³/mol. The van der Waals surface area contributed by atoms with Gasteiger partial charge in [-0.05, 0) is 49.7 Å². The fourth-order valence-electron chi connectivity index (χ4n) is 4.67. The highest BCUT2D eigenvalue weighted by Crippen LogP contribution is 2.20. The summed E-state index contributed by atoms with van der Waals surface area (Å²) < 4.78 is 1.70. The van der Waals surface area contributed by atoms with Crippen molar-refractivity contribution in [2.75, 3.05) is 37.6 Å². The topological polar surface area (TPSA) is 55.5 Å². The minimum atomic E-state index is -0.0391. The number of aromatic amines is 1. The minimum absolute atomic E-state index is 0.0391. The molecule has 0 unspecified atom stereocenters. The van der Waals surface area contributed by atoms with Crippen molar-refractivity contribution < 1.29 is 4.98 Å². The zero-order chi connectivity index (χ0) is 22.8. The van der Waals surface area contributed by atoms with Crippen molar-refractivity contribution in [3.8, 4) is 0 Å². The molecular weight excluding hydrogens is 434 g/mol. The van der Waals surface area contributed by atoms with Crippen molar-refractivity contribution in [3.63, 3.8) is 0 Å². The van der Waals surface area contributed by atoms with E-state index in [1.54, 1.807) is 10.6 Å². The average Bonchev–Trinajstić information content (AvgIpc) is 2.84. The van der Waals surface area contributed by atoms with Crippen LogP contribution in [0.1, 0.15) is 18.7 Å². The number of hydrogen-bond acceptors (Lipinski definition) is 4. The third-order valence-corrected chi connectivity index (χ3v) is 6.95. The van der Waals surface area contributed by atoms with Gasteiger partial charge in [0.1, 0.15) is 16.7 Å². The normalized spacial score (nSPS) is 14.9. The molecule has 1 N–H and O–H groups in total. The fraction of sp³-hybridized carbons (Fsp3) is 0.346. The Bertz CT molecular complexity index is 1340. The molecule has 33 heavy (non-hydrogen) atoms. The van der Waals surface area contributed by atoms with Gasteiger partial charge in [0.2, 0.25) is 0 Å². The van der Waals surface area contributed by atoms with E-state index >= 15 is 0 Å². The van der Waals surface area contributed by atoms with Crippen LogP contribution in [0.2, 0.25) is 5.02 Å². The van der Waals surface area contributed by atoms with Crippen molar-refractivity contribution >= 4 is 39.2 Å². The van der Waals surface area contributed by atoms with E-state index in [4.69, 9.17) is 16.6 Å². The Kier molecular flexibility index (Phi) is 6.29. The van der Waals surface area contributed by atoms with E-state index in [-0.39, 0.29) is 5.56 Å². The number of benzene rings is 2. The van der Waals surface area contributed by atoms with Crippen molar-refractivity contribution in [2.24, 2.45) is 7.05 Å². The summed E-state index contributed by atoms with van der Waals surface area (Å²) in [5.74, 6) is 2.02. The van der Waals surface area contributed by atoms with Crippen molar-refractivity contribution in [1.82, 2.24) is 14.5 Å². The molecule has 2 aromatic heterocycles. The number of halogens is 1. The summed E-state index contributed by atoms with van der Waals surface area (Å²) in [4.78, 5) is 25.9. The smallest absolute Gasteiger partial charge is 0.346 e. The maximum absolute atomic E-state index is 12.7. The van der Waals surface area contributed by atoms with Gasteiger partial charge >= 0.3 is 5.56 Å². The highest BCUT2D eigenvalue weighted by atomic mass is 35.5. The lowest BCUT2D eigenvalue weighted by Gasteiger charge is -2.35. The molecule has 7 heteroatoms. The summed E-state index contributed by atoms with van der Waals surface area (Å²) in [5.41, 5.74) is 1.82. The van der Waals surface area contributed by atoms with Crippen LogP contribution in [0.15, 0.2) is 59.4 Å². The van der Waals surface area contributed by atoms with Crippen molar-refractivity contribution in [3.05, 3.63) is 75.8 Å². The molecule has 3 heterocycles. The Morgan fingerprint density at radius 3 is 2.64 bits per heavy atom. The summed E-state index contributed by atoms with van der Waals surface area (Å²) in [6, 6.07) is 18.1. The largest absolute Gasteiger partial charge is 0.354 e. The number of piperazine rings is 1. The molecule has 0 amide bonds. The molecule has 0 saturated carbocycles. The average molecular weight is 463 g/mol. The molecule has 1 aliphatic rings. The van der Waals surface area contributed by atoms with Crippen LogP contribution in [0.5, 0.6) is 0 Å². The van der Waals surface area contributed by atoms with E-state index in [9.17, 15) is 4.79 Å². The van der Waals surface area contributed by atoms with E-state index in [1.165, 1.54) is 5.39 Å². The van der Waals surface area contributed by atoms with Crippen LogP contribution in [-0.4, -0.2) is 47.2 Å². The second-order valence-electron chi connectivity index (χ2n) is 8.75. The first-order valence-electron chi connectivity index (χ1n) is 11.6. The number of aromatic nitrogens is 3. The van der Waals surface area contributed by atoms with E-state index in [2.05, 4.69) is 45.1 Å². The Morgan fingerprint density at radius 2 is 1.79 bits per heavy atom. The number of pyridine rings is 1. The summed E-state index contributed by atoms with van der Waals surface area (Å²) in [5, 5.41) is 2.24. The fourth-order valence-corrected chi connectivity index (χ4v) is 4.92. The Labute approximate surface area is 198 Å². The minimum Gasteiger partial charge on any atom is -0.354 e. The van der Waals surface area contributed by atoms with Gasteiger partial charge < -0.3 is 4.90 Å². The number of fused-ring (bicyclic) bond motifs is 2. The molecule has 1 saturated heterocycles. The van der Waals surface area contributed by atoms with E-state index in [1.807, 2.05) is 25.2 Å². The van der Waals surface area contributed by atoms with Crippen LogP contribution >= 0.6 is 11.6 Å². The zero-order valence-corrected chi connectivity index (χ0v) is 19.7. The second kappa shape index (κ2) is 9.49. The van der Waals surface area contributed by atoms with Crippen LogP contribution in [0.3, 0.4) is 0 Å². The van der Waals surface area contributed by atoms with Gasteiger partial charge in [0.05, 0.1) is 17.6 Å². The summed E-state index contributed by atoms with van der Waals surface area (Å²) in [6.07, 6.45) is 2.97. The second-order valence-corrected chi connectivity index (χ2v) is 9.15. The molecule has 2 aromatic carbocycles. The molecule has 170 valence electrons. The maximum atomic E-state index is 12.7. The highest BCUT2D eigenvalue weighted by molar-refractivity contribution is 6.35. The number of hydrogen-bond donors (Lipinski definition) is 0. The van der Waals surface area contributed by atoms with Gasteiger partial charge in [0.15, 0.2) is 0 Å². The Hall–Kier alpha value is -2.96. The maximum Gasteiger partial charge on any atom is 0.346 e. The number of rotatable bonds is 6. The van der Waals surface area contributed by atoms with Gasteiger partial charge in [-0.2, -0.15) is 4.57 Å². The zero-order valence-electron chi connectivity index (χ0n) is 18.9. The molecule has 0 aliphatic carbocycles. The van der Waals surface area contributed by atoms with Gasteiger partial charge in [0.25, 0.3) is 5.82 Å². The molecule has 5 rings (SSSR count). The molecule has 4 aromatic rings. The number of para-hydroxylation sites is 1. The van der Waals surface area contributed by atoms with E-state index < -0.39 is 0 Å². The number of unbranched alkanes of at least 4 members (excludes halogenated alkanes) is 1. The molecule has 6 nitrogen and oxygen atoms in total. The standard InChI is InChI=1S/C26H28ClN5O/c1-30-23(29-22-10-6-8-20(27)25(22)26(30)33)11-4-5-14-31-15-17-32(18-16-31)24-13-12-19-7-2-3-9-21(19)28-24/h2-3,6-10,12-13H,4-5,11,14-18H2,1H3/p+1. The number of nitrogens with zero attached hydrogens (tertiary/aromatic N) is 4. The molecular formula is C26H29ClN5O+. The van der Waals surface area contributed by atoms with Gasteiger partial charge in [-0.1, -0.05) is 35.9 Å². The van der Waals surface area contributed by atoms with E-state index in [0.29, 0.717) is 10.4 Å². The summed E-state index contributed by atoms with van der Waals surface area (Å²) in [7, 11) is 1.82.